The number of nitrogen functional groups attached to an aromatic ring is 1. The van der Waals surface area contributed by atoms with Crippen LogP contribution in [0.15, 0.2) is 54.6 Å². The maximum Gasteiger partial charge on any atom is 0.273 e. The van der Waals surface area contributed by atoms with E-state index >= 15 is 0 Å². The predicted octanol–water partition coefficient (Wildman–Crippen LogP) is 3.66. The molecule has 1 heterocycles. The highest BCUT2D eigenvalue weighted by atomic mass is 32.1. The van der Waals surface area contributed by atoms with Crippen LogP contribution in [0.2, 0.25) is 0 Å². The second kappa shape index (κ2) is 10.0. The minimum absolute atomic E-state index is 0.0349. The van der Waals surface area contributed by atoms with E-state index in [1.165, 1.54) is 29.2 Å². The summed E-state index contributed by atoms with van der Waals surface area (Å²) in [7, 11) is 0. The van der Waals surface area contributed by atoms with Crippen molar-refractivity contribution in [3.05, 3.63) is 76.5 Å². The molecule has 34 heavy (non-hydrogen) atoms. The number of nitrogens with two attached hydrogens (primary N) is 2. The summed E-state index contributed by atoms with van der Waals surface area (Å²) in [6, 6.07) is 12.7. The fourth-order valence-corrected chi connectivity index (χ4v) is 4.01. The molecule has 1 unspecified atom stereocenters. The zero-order chi connectivity index (χ0) is 25.0. The van der Waals surface area contributed by atoms with Gasteiger partial charge in [-0.25, -0.2) is 4.39 Å². The summed E-state index contributed by atoms with van der Waals surface area (Å²) in [5, 5.41) is 2.97. The predicted molar refractivity (Wildman–Crippen MR) is 130 cm³/mol. The maximum absolute atomic E-state index is 13.8. The molecule has 3 aromatic rings. The monoisotopic (exact) mass is 483 g/mol. The third kappa shape index (κ3) is 5.23. The van der Waals surface area contributed by atoms with Gasteiger partial charge in [-0.15, -0.1) is 0 Å². The highest BCUT2D eigenvalue weighted by Crippen LogP contribution is 2.33. The summed E-state index contributed by atoms with van der Waals surface area (Å²) in [4.78, 5) is 40.3. The standard InChI is InChI=1S/C24H26FN5O3S/c1-4-24(2,3)28-22(32)19(14-10-12-15(25)13-11-14)30(16-8-6-5-7-9-16)23(33)20-17(26)18(21(27)31)29-34-20/h5-13,19H,4,26H2,1-3H3,(H2,27,31)(H,28,32). The molecule has 0 aliphatic rings. The lowest BCUT2D eigenvalue weighted by Gasteiger charge is -2.34. The third-order valence-electron chi connectivity index (χ3n) is 5.45. The molecule has 2 aromatic carbocycles. The zero-order valence-electron chi connectivity index (χ0n) is 19.0. The molecule has 3 rings (SSSR count). The average Bonchev–Trinajstić information content (AvgIpc) is 3.19. The molecular weight excluding hydrogens is 457 g/mol. The number of amides is 3. The third-order valence-corrected chi connectivity index (χ3v) is 6.30. The summed E-state index contributed by atoms with van der Waals surface area (Å²) >= 11 is 0.721. The molecule has 0 spiro atoms. The lowest BCUT2D eigenvalue weighted by Crippen LogP contribution is -2.50. The van der Waals surface area contributed by atoms with Crippen LogP contribution in [-0.4, -0.2) is 27.6 Å². The van der Waals surface area contributed by atoms with Crippen molar-refractivity contribution in [1.29, 1.82) is 0 Å². The van der Waals surface area contributed by atoms with Gasteiger partial charge in [0.2, 0.25) is 5.91 Å². The van der Waals surface area contributed by atoms with E-state index < -0.39 is 35.1 Å². The Balaban J connectivity index is 2.20. The van der Waals surface area contributed by atoms with E-state index in [2.05, 4.69) is 9.69 Å². The van der Waals surface area contributed by atoms with Crippen molar-refractivity contribution in [3.8, 4) is 0 Å². The van der Waals surface area contributed by atoms with Gasteiger partial charge in [-0.3, -0.25) is 19.3 Å². The van der Waals surface area contributed by atoms with Gasteiger partial charge in [0.25, 0.3) is 11.8 Å². The quantitative estimate of drug-likeness (QED) is 0.450. The lowest BCUT2D eigenvalue weighted by molar-refractivity contribution is -0.124. The van der Waals surface area contributed by atoms with Gasteiger partial charge in [-0.1, -0.05) is 37.3 Å². The maximum atomic E-state index is 13.8. The van der Waals surface area contributed by atoms with Crippen LogP contribution in [0.4, 0.5) is 15.8 Å². The minimum atomic E-state index is -1.17. The molecule has 0 saturated carbocycles. The Kier molecular flexibility index (Phi) is 7.31. The van der Waals surface area contributed by atoms with Crippen molar-refractivity contribution in [2.75, 3.05) is 10.6 Å². The molecule has 0 saturated heterocycles. The number of nitrogens with zero attached hydrogens (tertiary/aromatic N) is 2. The van der Waals surface area contributed by atoms with E-state index in [4.69, 9.17) is 11.5 Å². The van der Waals surface area contributed by atoms with Crippen molar-refractivity contribution < 1.29 is 18.8 Å². The van der Waals surface area contributed by atoms with Crippen molar-refractivity contribution >= 4 is 40.6 Å². The van der Waals surface area contributed by atoms with E-state index in [1.54, 1.807) is 30.3 Å². The van der Waals surface area contributed by atoms with Crippen molar-refractivity contribution in [2.24, 2.45) is 5.73 Å². The van der Waals surface area contributed by atoms with E-state index in [-0.39, 0.29) is 16.3 Å². The van der Waals surface area contributed by atoms with Crippen molar-refractivity contribution in [3.63, 3.8) is 0 Å². The summed E-state index contributed by atoms with van der Waals surface area (Å²) in [5.74, 6) is -2.45. The fraction of sp³-hybridized carbons (Fsp3) is 0.250. The molecule has 0 aliphatic carbocycles. The molecule has 1 atom stereocenters. The largest absolute Gasteiger partial charge is 0.395 e. The smallest absolute Gasteiger partial charge is 0.273 e. The summed E-state index contributed by atoms with van der Waals surface area (Å²) in [6.45, 7) is 5.65. The van der Waals surface area contributed by atoms with Crippen molar-refractivity contribution in [1.82, 2.24) is 9.69 Å². The Bertz CT molecular complexity index is 1200. The number of nitrogens with one attached hydrogen (secondary N) is 1. The molecule has 178 valence electrons. The molecule has 8 nitrogen and oxygen atoms in total. The topological polar surface area (TPSA) is 131 Å². The molecule has 0 radical (unpaired) electrons. The second-order valence-electron chi connectivity index (χ2n) is 8.33. The molecular formula is C24H26FN5O3S. The van der Waals surface area contributed by atoms with Crippen LogP contribution < -0.4 is 21.7 Å². The molecule has 0 bridgehead atoms. The van der Waals surface area contributed by atoms with Gasteiger partial charge in [0.05, 0.1) is 5.69 Å². The SMILES string of the molecule is CCC(C)(C)NC(=O)C(c1ccc(F)cc1)N(C(=O)c1snc(C(N)=O)c1N)c1ccccc1. The van der Waals surface area contributed by atoms with Crippen LogP contribution in [0, 0.1) is 5.82 Å². The van der Waals surface area contributed by atoms with E-state index in [0.717, 1.165) is 11.5 Å². The zero-order valence-corrected chi connectivity index (χ0v) is 19.9. The highest BCUT2D eigenvalue weighted by Gasteiger charge is 2.37. The van der Waals surface area contributed by atoms with Gasteiger partial charge >= 0.3 is 0 Å². The number of para-hydroxylation sites is 1. The minimum Gasteiger partial charge on any atom is -0.395 e. The normalized spacial score (nSPS) is 12.1. The first-order chi connectivity index (χ1) is 16.1. The Morgan fingerprint density at radius 1 is 1.12 bits per heavy atom. The first kappa shape index (κ1) is 24.8. The van der Waals surface area contributed by atoms with Gasteiger partial charge in [0.15, 0.2) is 5.69 Å². The van der Waals surface area contributed by atoms with Crippen LogP contribution in [-0.2, 0) is 4.79 Å². The van der Waals surface area contributed by atoms with Gasteiger partial charge < -0.3 is 16.8 Å². The van der Waals surface area contributed by atoms with E-state index in [0.29, 0.717) is 17.7 Å². The molecule has 0 aliphatic heterocycles. The Labute approximate surface area is 200 Å². The van der Waals surface area contributed by atoms with Gasteiger partial charge in [0.1, 0.15) is 16.7 Å². The van der Waals surface area contributed by atoms with E-state index in [9.17, 15) is 18.8 Å². The number of carbonyl (C=O) groups excluding carboxylic acids is 3. The van der Waals surface area contributed by atoms with Gasteiger partial charge in [0, 0.05) is 11.2 Å². The van der Waals surface area contributed by atoms with Crippen LogP contribution in [0.1, 0.15) is 59.0 Å². The number of anilines is 2. The summed E-state index contributed by atoms with van der Waals surface area (Å²) in [5.41, 5.74) is 11.2. The number of hydrogen-bond donors (Lipinski definition) is 3. The van der Waals surface area contributed by atoms with Gasteiger partial charge in [-0.2, -0.15) is 4.37 Å². The van der Waals surface area contributed by atoms with E-state index in [1.807, 2.05) is 20.8 Å². The Morgan fingerprint density at radius 2 is 1.74 bits per heavy atom. The van der Waals surface area contributed by atoms with Crippen molar-refractivity contribution in [2.45, 2.75) is 38.8 Å². The average molecular weight is 484 g/mol. The summed E-state index contributed by atoms with van der Waals surface area (Å²) < 4.78 is 17.6. The highest BCUT2D eigenvalue weighted by molar-refractivity contribution is 7.09. The summed E-state index contributed by atoms with van der Waals surface area (Å²) in [6.07, 6.45) is 0.637. The lowest BCUT2D eigenvalue weighted by atomic mass is 9.98. The number of hydrogen-bond acceptors (Lipinski definition) is 6. The van der Waals surface area contributed by atoms with Crippen LogP contribution in [0.25, 0.3) is 0 Å². The second-order valence-corrected chi connectivity index (χ2v) is 9.10. The number of carbonyl (C=O) groups is 3. The fourth-order valence-electron chi connectivity index (χ4n) is 3.26. The molecule has 5 N–H and O–H groups in total. The first-order valence-corrected chi connectivity index (χ1v) is 11.3. The Morgan fingerprint density at radius 3 is 2.26 bits per heavy atom. The number of primary amides is 1. The van der Waals surface area contributed by atoms with Crippen LogP contribution >= 0.6 is 11.5 Å². The number of halogens is 1. The number of rotatable bonds is 8. The van der Waals surface area contributed by atoms with Gasteiger partial charge in [-0.05, 0) is 61.6 Å². The number of benzene rings is 2. The van der Waals surface area contributed by atoms with Crippen LogP contribution in [0.3, 0.4) is 0 Å². The molecule has 10 heteroatoms. The van der Waals surface area contributed by atoms with Crippen LogP contribution in [0.5, 0.6) is 0 Å². The molecule has 1 aromatic heterocycles. The first-order valence-electron chi connectivity index (χ1n) is 10.6. The molecule has 0 fully saturated rings. The molecule has 3 amide bonds. The number of aromatic nitrogens is 1. The Hall–Kier alpha value is -3.79.